The number of carbonyl (C=O) groups excluding carboxylic acids is 1. The summed E-state index contributed by atoms with van der Waals surface area (Å²) < 4.78 is 11.4. The molecule has 0 spiro atoms. The molecule has 0 fully saturated rings. The zero-order valence-corrected chi connectivity index (χ0v) is 17.6. The van der Waals surface area contributed by atoms with E-state index in [0.717, 1.165) is 31.6 Å². The summed E-state index contributed by atoms with van der Waals surface area (Å²) in [7, 11) is 5.89. The monoisotopic (exact) mass is 391 g/mol. The number of aromatic hydroxyl groups is 1. The van der Waals surface area contributed by atoms with Crippen molar-refractivity contribution in [1.29, 1.82) is 0 Å². The first-order chi connectivity index (χ1) is 13.4. The molecule has 0 aromatic heterocycles. The molecule has 156 valence electrons. The quantitative estimate of drug-likeness (QED) is 0.353. The Morgan fingerprint density at radius 1 is 1.32 bits per heavy atom. The Hall–Kier alpha value is -2.25. The Balaban J connectivity index is 1.83. The van der Waals surface area contributed by atoms with E-state index in [1.165, 1.54) is 6.07 Å². The highest BCUT2D eigenvalue weighted by molar-refractivity contribution is 5.83. The molecule has 0 bridgehead atoms. The molecule has 1 heterocycles. The number of phenols is 1. The summed E-state index contributed by atoms with van der Waals surface area (Å²) in [5.41, 5.74) is 0.197. The Morgan fingerprint density at radius 3 is 2.71 bits per heavy atom. The van der Waals surface area contributed by atoms with Gasteiger partial charge in [-0.15, -0.1) is 0 Å². The topological polar surface area (TPSA) is 65.5 Å². The van der Waals surface area contributed by atoms with Crippen molar-refractivity contribution in [3.8, 4) is 11.5 Å². The van der Waals surface area contributed by atoms with Gasteiger partial charge in [0.15, 0.2) is 6.29 Å². The second-order valence-corrected chi connectivity index (χ2v) is 7.29. The minimum Gasteiger partial charge on any atom is -0.507 e. The van der Waals surface area contributed by atoms with Crippen LogP contribution in [0, 0.1) is 0 Å². The minimum absolute atomic E-state index is 0.0229. The van der Waals surface area contributed by atoms with Gasteiger partial charge in [-0.05, 0) is 51.3 Å². The predicted molar refractivity (Wildman–Crippen MR) is 109 cm³/mol. The Labute approximate surface area is 168 Å². The third kappa shape index (κ3) is 5.17. The zero-order valence-electron chi connectivity index (χ0n) is 17.6. The fourth-order valence-electron chi connectivity index (χ4n) is 3.53. The summed E-state index contributed by atoms with van der Waals surface area (Å²) in [5, 5.41) is 14.2. The number of carbonyl (C=O) groups is 1. The van der Waals surface area contributed by atoms with Crippen LogP contribution in [0.4, 0.5) is 0 Å². The molecular formula is C21H33N3O4. The van der Waals surface area contributed by atoms with E-state index >= 15 is 0 Å². The molecule has 0 radical (unpaired) electrons. The fraction of sp³-hybridized carbons (Fsp3) is 0.571. The summed E-state index contributed by atoms with van der Waals surface area (Å²) in [6.07, 6.45) is 5.43. The molecule has 0 aliphatic carbocycles. The molecule has 1 aliphatic heterocycles. The number of hydrazine groups is 1. The number of hydrogen-bond acceptors (Lipinski definition) is 7. The zero-order chi connectivity index (χ0) is 20.7. The highest BCUT2D eigenvalue weighted by Gasteiger charge is 2.28. The second kappa shape index (κ2) is 10.3. The summed E-state index contributed by atoms with van der Waals surface area (Å²) in [6, 6.07) is 5.21. The van der Waals surface area contributed by atoms with Gasteiger partial charge in [-0.3, -0.25) is 9.80 Å². The van der Waals surface area contributed by atoms with Crippen molar-refractivity contribution in [2.24, 2.45) is 0 Å². The van der Waals surface area contributed by atoms with E-state index in [-0.39, 0.29) is 17.5 Å². The van der Waals surface area contributed by atoms with E-state index in [2.05, 4.69) is 48.9 Å². The number of benzene rings is 1. The normalized spacial score (nSPS) is 15.6. The third-order valence-corrected chi connectivity index (χ3v) is 4.96. The van der Waals surface area contributed by atoms with Gasteiger partial charge < -0.3 is 19.5 Å². The molecule has 1 N–H and O–H groups in total. The van der Waals surface area contributed by atoms with Gasteiger partial charge in [-0.25, -0.2) is 5.01 Å². The number of unbranched alkanes of at least 4 members (excludes halogenated alkanes) is 1. The van der Waals surface area contributed by atoms with E-state index in [0.29, 0.717) is 24.7 Å². The second-order valence-electron chi connectivity index (χ2n) is 7.29. The SMILES string of the molecule is COC(CCCCOc1cccc(O)c1C=O)N(C)C1=CCN(C)N1C(C)C. The van der Waals surface area contributed by atoms with E-state index in [9.17, 15) is 9.90 Å². The lowest BCUT2D eigenvalue weighted by molar-refractivity contribution is -0.0554. The van der Waals surface area contributed by atoms with Crippen LogP contribution in [-0.2, 0) is 4.74 Å². The number of phenolic OH excluding ortho intramolecular Hbond substituents is 1. The van der Waals surface area contributed by atoms with Gasteiger partial charge in [0, 0.05) is 33.8 Å². The van der Waals surface area contributed by atoms with Gasteiger partial charge >= 0.3 is 0 Å². The number of hydrogen-bond donors (Lipinski definition) is 1. The maximum atomic E-state index is 11.1. The van der Waals surface area contributed by atoms with Gasteiger partial charge in [-0.1, -0.05) is 6.07 Å². The Kier molecular flexibility index (Phi) is 8.14. The largest absolute Gasteiger partial charge is 0.507 e. The van der Waals surface area contributed by atoms with Gasteiger partial charge in [0.2, 0.25) is 0 Å². The van der Waals surface area contributed by atoms with Crippen LogP contribution in [0.1, 0.15) is 43.5 Å². The van der Waals surface area contributed by atoms with Gasteiger partial charge in [-0.2, -0.15) is 0 Å². The number of nitrogens with zero attached hydrogens (tertiary/aromatic N) is 3. The number of rotatable bonds is 11. The van der Waals surface area contributed by atoms with Crippen LogP contribution >= 0.6 is 0 Å². The maximum Gasteiger partial charge on any atom is 0.157 e. The van der Waals surface area contributed by atoms with Crippen molar-refractivity contribution in [1.82, 2.24) is 14.9 Å². The molecule has 0 amide bonds. The average molecular weight is 392 g/mol. The smallest absolute Gasteiger partial charge is 0.157 e. The van der Waals surface area contributed by atoms with Crippen molar-refractivity contribution >= 4 is 6.29 Å². The van der Waals surface area contributed by atoms with Crippen molar-refractivity contribution in [2.75, 3.05) is 34.4 Å². The molecular weight excluding hydrogens is 358 g/mol. The summed E-state index contributed by atoms with van der Waals surface area (Å²) in [6.45, 7) is 5.73. The molecule has 1 aliphatic rings. The van der Waals surface area contributed by atoms with Crippen LogP contribution in [0.5, 0.6) is 11.5 Å². The third-order valence-electron chi connectivity index (χ3n) is 4.96. The average Bonchev–Trinajstić information content (AvgIpc) is 3.06. The fourth-order valence-corrected chi connectivity index (χ4v) is 3.53. The lowest BCUT2D eigenvalue weighted by atomic mass is 10.2. The maximum absolute atomic E-state index is 11.1. The van der Waals surface area contributed by atoms with Crippen LogP contribution in [0.25, 0.3) is 0 Å². The van der Waals surface area contributed by atoms with E-state index in [1.54, 1.807) is 19.2 Å². The lowest BCUT2D eigenvalue weighted by Gasteiger charge is -2.39. The summed E-state index contributed by atoms with van der Waals surface area (Å²) >= 11 is 0. The van der Waals surface area contributed by atoms with Gasteiger partial charge in [0.25, 0.3) is 0 Å². The van der Waals surface area contributed by atoms with Crippen molar-refractivity contribution < 1.29 is 19.4 Å². The Morgan fingerprint density at radius 2 is 2.07 bits per heavy atom. The first-order valence-corrected chi connectivity index (χ1v) is 9.76. The predicted octanol–water partition coefficient (Wildman–Crippen LogP) is 3.07. The van der Waals surface area contributed by atoms with E-state index in [1.807, 2.05) is 0 Å². The van der Waals surface area contributed by atoms with Crippen molar-refractivity contribution in [3.05, 3.63) is 35.7 Å². The molecule has 28 heavy (non-hydrogen) atoms. The first kappa shape index (κ1) is 22.0. The van der Waals surface area contributed by atoms with E-state index < -0.39 is 0 Å². The van der Waals surface area contributed by atoms with Crippen LogP contribution < -0.4 is 4.74 Å². The number of likely N-dealkylation sites (N-methyl/N-ethyl adjacent to an activating group) is 1. The van der Waals surface area contributed by atoms with Crippen molar-refractivity contribution in [2.45, 2.75) is 45.4 Å². The lowest BCUT2D eigenvalue weighted by Crippen LogP contribution is -2.46. The first-order valence-electron chi connectivity index (χ1n) is 9.76. The molecule has 1 unspecified atom stereocenters. The summed E-state index contributed by atoms with van der Waals surface area (Å²) in [4.78, 5) is 13.3. The van der Waals surface area contributed by atoms with Crippen LogP contribution in [0.3, 0.4) is 0 Å². The van der Waals surface area contributed by atoms with Crippen LogP contribution in [-0.4, -0.2) is 72.9 Å². The van der Waals surface area contributed by atoms with Gasteiger partial charge in [0.05, 0.1) is 12.2 Å². The van der Waals surface area contributed by atoms with E-state index in [4.69, 9.17) is 9.47 Å². The summed E-state index contributed by atoms with van der Waals surface area (Å²) in [5.74, 6) is 1.52. The number of ether oxygens (including phenoxy) is 2. The molecule has 0 saturated carbocycles. The van der Waals surface area contributed by atoms with Crippen LogP contribution in [0.15, 0.2) is 30.1 Å². The number of aldehydes is 1. The van der Waals surface area contributed by atoms with Gasteiger partial charge in [0.1, 0.15) is 23.5 Å². The molecule has 7 nitrogen and oxygen atoms in total. The molecule has 0 saturated heterocycles. The molecule has 1 aromatic carbocycles. The number of methoxy groups -OCH3 is 1. The van der Waals surface area contributed by atoms with Crippen molar-refractivity contribution in [3.63, 3.8) is 0 Å². The highest BCUT2D eigenvalue weighted by atomic mass is 16.5. The Bertz CT molecular complexity index is 678. The molecule has 7 heteroatoms. The highest BCUT2D eigenvalue weighted by Crippen LogP contribution is 2.26. The standard InChI is InChI=1S/C21H33N3O4/c1-16(2)24-20(12-13-22(24)3)23(4)21(27-5)11-6-7-14-28-19-10-8-9-18(26)17(19)15-25/h8-10,12,15-16,21,26H,6-7,11,13-14H2,1-5H3. The molecule has 1 aromatic rings. The molecule has 2 rings (SSSR count). The minimum atomic E-state index is -0.0573. The molecule has 1 atom stereocenters. The van der Waals surface area contributed by atoms with Crippen LogP contribution in [0.2, 0.25) is 0 Å².